The number of aliphatic carboxylic acids is 1. The lowest BCUT2D eigenvalue weighted by atomic mass is 10.0. The Balaban J connectivity index is 4.06. The number of unbranched alkanes of at least 4 members (excludes halogenated alkanes) is 23. The molecular formula is C62H108NO8+. The summed E-state index contributed by atoms with van der Waals surface area (Å²) >= 11 is 0. The predicted octanol–water partition coefficient (Wildman–Crippen LogP) is 16.8. The summed E-state index contributed by atoms with van der Waals surface area (Å²) < 4.78 is 22.8. The fraction of sp³-hybridized carbons (Fsp3) is 0.726. The van der Waals surface area contributed by atoms with Gasteiger partial charge in [0.15, 0.2) is 6.10 Å². The summed E-state index contributed by atoms with van der Waals surface area (Å²) in [5, 5.41) is 9.67. The molecule has 0 heterocycles. The van der Waals surface area contributed by atoms with E-state index in [2.05, 4.69) is 98.9 Å². The first kappa shape index (κ1) is 67.5. The van der Waals surface area contributed by atoms with E-state index in [9.17, 15) is 19.5 Å². The zero-order chi connectivity index (χ0) is 52.0. The van der Waals surface area contributed by atoms with Gasteiger partial charge in [0.25, 0.3) is 6.29 Å². The third-order valence-corrected chi connectivity index (χ3v) is 12.1. The molecule has 0 spiro atoms. The van der Waals surface area contributed by atoms with Gasteiger partial charge in [-0.05, 0) is 83.5 Å². The van der Waals surface area contributed by atoms with Gasteiger partial charge in [-0.25, -0.2) is 4.79 Å². The number of allylic oxidation sites excluding steroid dienone is 14. The summed E-state index contributed by atoms with van der Waals surface area (Å²) in [7, 11) is 5.96. The lowest BCUT2D eigenvalue weighted by Crippen LogP contribution is -2.40. The van der Waals surface area contributed by atoms with Crippen LogP contribution < -0.4 is 0 Å². The standard InChI is InChI=1S/C62H107NO8/c1-6-8-10-12-14-16-18-19-20-21-22-23-24-25-26-27-28-29-30-31-32-33-34-35-36-37-38-39-40-41-43-45-47-49-51-53-60(65)71-58(57-70-62(61(66)67)68-55-54-63(3,4)5)56-69-59(64)52-50-48-46-44-42-17-15-13-11-9-7-2/h8,10,13-16,19-20,22-23,25-26,28-29,58,62H,6-7,9,11-12,17-18,21,24,27,30-57H2,1-5H3/p+1/b10-8-,15-13-,16-14-,20-19-,23-22-,26-25-,29-28-. The Morgan fingerprint density at radius 2 is 0.803 bits per heavy atom. The number of esters is 2. The van der Waals surface area contributed by atoms with E-state index < -0.39 is 24.3 Å². The van der Waals surface area contributed by atoms with Gasteiger partial charge in [0, 0.05) is 12.8 Å². The lowest BCUT2D eigenvalue weighted by molar-refractivity contribution is -0.870. The van der Waals surface area contributed by atoms with Crippen molar-refractivity contribution in [2.75, 3.05) is 47.5 Å². The molecule has 71 heavy (non-hydrogen) atoms. The molecule has 9 heteroatoms. The summed E-state index contributed by atoms with van der Waals surface area (Å²) in [6, 6.07) is 0. The highest BCUT2D eigenvalue weighted by atomic mass is 16.7. The normalized spacial score (nSPS) is 13.4. The quantitative estimate of drug-likeness (QED) is 0.0211. The minimum absolute atomic E-state index is 0.185. The number of carboxylic acids is 1. The van der Waals surface area contributed by atoms with Crippen LogP contribution in [-0.2, 0) is 33.3 Å². The van der Waals surface area contributed by atoms with E-state index in [0.29, 0.717) is 17.4 Å². The molecule has 0 bridgehead atoms. The molecule has 0 saturated carbocycles. The van der Waals surface area contributed by atoms with Gasteiger partial charge in [-0.3, -0.25) is 9.59 Å². The van der Waals surface area contributed by atoms with Crippen LogP contribution in [-0.4, -0.2) is 87.4 Å². The summed E-state index contributed by atoms with van der Waals surface area (Å²) in [6.45, 7) is 4.71. The van der Waals surface area contributed by atoms with Crippen molar-refractivity contribution in [3.8, 4) is 0 Å². The minimum Gasteiger partial charge on any atom is -0.477 e. The highest BCUT2D eigenvalue weighted by molar-refractivity contribution is 5.71. The largest absolute Gasteiger partial charge is 0.477 e. The molecule has 0 aromatic carbocycles. The number of ether oxygens (including phenoxy) is 4. The Morgan fingerprint density at radius 1 is 0.437 bits per heavy atom. The summed E-state index contributed by atoms with van der Waals surface area (Å²) in [5.41, 5.74) is 0. The van der Waals surface area contributed by atoms with Crippen LogP contribution >= 0.6 is 0 Å². The fourth-order valence-electron chi connectivity index (χ4n) is 7.70. The van der Waals surface area contributed by atoms with E-state index >= 15 is 0 Å². The lowest BCUT2D eigenvalue weighted by Gasteiger charge is -2.25. The van der Waals surface area contributed by atoms with Crippen LogP contribution in [0.2, 0.25) is 0 Å². The van der Waals surface area contributed by atoms with Gasteiger partial charge in [0.05, 0.1) is 34.4 Å². The average molecular weight is 996 g/mol. The number of carbonyl (C=O) groups is 3. The molecule has 0 rings (SSSR count). The van der Waals surface area contributed by atoms with Crippen LogP contribution in [0.1, 0.15) is 232 Å². The third-order valence-electron chi connectivity index (χ3n) is 12.1. The van der Waals surface area contributed by atoms with Gasteiger partial charge in [0.1, 0.15) is 13.2 Å². The van der Waals surface area contributed by atoms with E-state index in [-0.39, 0.29) is 32.2 Å². The van der Waals surface area contributed by atoms with Crippen LogP contribution in [0.5, 0.6) is 0 Å². The molecule has 2 atom stereocenters. The molecule has 0 saturated heterocycles. The maximum absolute atomic E-state index is 12.8. The van der Waals surface area contributed by atoms with Crippen molar-refractivity contribution < 1.29 is 42.9 Å². The van der Waals surface area contributed by atoms with Crippen LogP contribution in [0.15, 0.2) is 85.1 Å². The molecule has 2 unspecified atom stereocenters. The van der Waals surface area contributed by atoms with Gasteiger partial charge in [-0.2, -0.15) is 0 Å². The van der Waals surface area contributed by atoms with Crippen molar-refractivity contribution in [1.29, 1.82) is 0 Å². The van der Waals surface area contributed by atoms with E-state index in [1.54, 1.807) is 0 Å². The maximum Gasteiger partial charge on any atom is 0.361 e. The van der Waals surface area contributed by atoms with E-state index in [4.69, 9.17) is 18.9 Å². The zero-order valence-electron chi connectivity index (χ0n) is 46.4. The predicted molar refractivity (Wildman–Crippen MR) is 299 cm³/mol. The second-order valence-electron chi connectivity index (χ2n) is 20.2. The Labute approximate surface area is 436 Å². The van der Waals surface area contributed by atoms with E-state index in [1.807, 2.05) is 21.1 Å². The first-order valence-electron chi connectivity index (χ1n) is 28.8. The monoisotopic (exact) mass is 995 g/mol. The summed E-state index contributed by atoms with van der Waals surface area (Å²) in [6.07, 6.45) is 66.8. The number of hydrogen-bond donors (Lipinski definition) is 1. The molecule has 0 amide bonds. The van der Waals surface area contributed by atoms with Crippen molar-refractivity contribution in [3.05, 3.63) is 85.1 Å². The molecule has 408 valence electrons. The van der Waals surface area contributed by atoms with Gasteiger partial charge < -0.3 is 28.5 Å². The molecular weight excluding hydrogens is 887 g/mol. The van der Waals surface area contributed by atoms with Gasteiger partial charge in [-0.15, -0.1) is 0 Å². The summed E-state index contributed by atoms with van der Waals surface area (Å²) in [4.78, 5) is 37.3. The van der Waals surface area contributed by atoms with E-state index in [1.165, 1.54) is 103 Å². The fourth-order valence-corrected chi connectivity index (χ4v) is 7.70. The number of hydrogen-bond acceptors (Lipinski definition) is 7. The SMILES string of the molecule is CC/C=C\C/C=C\C/C=C\C/C=C\C/C=C\C/C=C\CCCCCCCCCCCCCCCCCCC(=O)OC(COC(=O)CCCCCCC/C=C\CCCC)COC(OCC[N+](C)(C)C)C(=O)O. The average Bonchev–Trinajstić information content (AvgIpc) is 3.34. The first-order valence-corrected chi connectivity index (χ1v) is 28.8. The van der Waals surface area contributed by atoms with Gasteiger partial charge in [-0.1, -0.05) is 221 Å². The van der Waals surface area contributed by atoms with Crippen molar-refractivity contribution >= 4 is 17.9 Å². The number of nitrogens with zero attached hydrogens (tertiary/aromatic N) is 1. The van der Waals surface area contributed by atoms with E-state index in [0.717, 1.165) is 103 Å². The number of quaternary nitrogens is 1. The van der Waals surface area contributed by atoms with Crippen LogP contribution in [0.3, 0.4) is 0 Å². The Kier molecular flexibility index (Phi) is 50.2. The molecule has 1 N–H and O–H groups in total. The van der Waals surface area contributed by atoms with Crippen LogP contribution in [0, 0.1) is 0 Å². The van der Waals surface area contributed by atoms with Crippen molar-refractivity contribution in [2.24, 2.45) is 0 Å². The highest BCUT2D eigenvalue weighted by Gasteiger charge is 2.25. The number of rotatable bonds is 52. The Morgan fingerprint density at radius 3 is 1.21 bits per heavy atom. The molecule has 0 aliphatic heterocycles. The van der Waals surface area contributed by atoms with Crippen molar-refractivity contribution in [3.63, 3.8) is 0 Å². The van der Waals surface area contributed by atoms with Gasteiger partial charge >= 0.3 is 17.9 Å². The molecule has 9 nitrogen and oxygen atoms in total. The number of carbonyl (C=O) groups excluding carboxylic acids is 2. The molecule has 0 aromatic rings. The molecule has 0 aliphatic carbocycles. The molecule has 0 fully saturated rings. The Hall–Kier alpha value is -3.53. The molecule has 0 aliphatic rings. The number of carboxylic acid groups (broad SMARTS) is 1. The second-order valence-corrected chi connectivity index (χ2v) is 20.2. The first-order chi connectivity index (χ1) is 34.6. The molecule has 0 aromatic heterocycles. The zero-order valence-corrected chi connectivity index (χ0v) is 46.4. The van der Waals surface area contributed by atoms with Crippen molar-refractivity contribution in [2.45, 2.75) is 245 Å². The maximum atomic E-state index is 12.8. The van der Waals surface area contributed by atoms with Gasteiger partial charge in [0.2, 0.25) is 0 Å². The van der Waals surface area contributed by atoms with Crippen LogP contribution in [0.4, 0.5) is 0 Å². The second kappa shape index (κ2) is 52.8. The third kappa shape index (κ3) is 54.1. The summed E-state index contributed by atoms with van der Waals surface area (Å²) in [5.74, 6) is -2.02. The topological polar surface area (TPSA) is 108 Å². The highest BCUT2D eigenvalue weighted by Crippen LogP contribution is 2.16. The molecule has 0 radical (unpaired) electrons. The van der Waals surface area contributed by atoms with Crippen molar-refractivity contribution in [1.82, 2.24) is 0 Å². The van der Waals surface area contributed by atoms with Crippen LogP contribution in [0.25, 0.3) is 0 Å². The Bertz CT molecular complexity index is 1440. The minimum atomic E-state index is -1.51. The number of likely N-dealkylation sites (N-methyl/N-ethyl adjacent to an activating group) is 1. The smallest absolute Gasteiger partial charge is 0.361 e.